The predicted molar refractivity (Wildman–Crippen MR) is 123 cm³/mol. The number of halogens is 2. The summed E-state index contributed by atoms with van der Waals surface area (Å²) < 4.78 is 1.58. The van der Waals surface area contributed by atoms with E-state index in [0.717, 1.165) is 16.8 Å². The fourth-order valence-corrected chi connectivity index (χ4v) is 3.41. The van der Waals surface area contributed by atoms with E-state index < -0.39 is 0 Å². The van der Waals surface area contributed by atoms with Gasteiger partial charge < -0.3 is 5.32 Å². The molecule has 4 rings (SSSR count). The third-order valence-electron chi connectivity index (χ3n) is 4.92. The maximum absolute atomic E-state index is 13.2. The number of hydrogen-bond donors (Lipinski definition) is 1. The molecule has 0 saturated heterocycles. The molecule has 0 bridgehead atoms. The molecule has 1 heterocycles. The van der Waals surface area contributed by atoms with E-state index in [0.29, 0.717) is 27.1 Å². The lowest BCUT2D eigenvalue weighted by Gasteiger charge is -2.10. The number of benzene rings is 3. The van der Waals surface area contributed by atoms with Crippen molar-refractivity contribution in [3.05, 3.63) is 99.7 Å². The van der Waals surface area contributed by atoms with Gasteiger partial charge in [-0.2, -0.15) is 5.10 Å². The van der Waals surface area contributed by atoms with Gasteiger partial charge in [0.05, 0.1) is 21.4 Å². The first-order chi connectivity index (χ1) is 14.4. The molecule has 3 aromatic carbocycles. The third-order valence-corrected chi connectivity index (χ3v) is 5.66. The van der Waals surface area contributed by atoms with Crippen LogP contribution in [0.5, 0.6) is 0 Å². The minimum absolute atomic E-state index is 0.265. The average molecular weight is 436 g/mol. The normalized spacial score (nSPS) is 10.8. The Hall–Kier alpha value is -3.08. The molecule has 6 heteroatoms. The smallest absolute Gasteiger partial charge is 0.274 e. The van der Waals surface area contributed by atoms with Crippen molar-refractivity contribution in [2.75, 3.05) is 5.32 Å². The number of nitrogens with one attached hydrogen (secondary N) is 1. The molecule has 0 aliphatic heterocycles. The van der Waals surface area contributed by atoms with Gasteiger partial charge in [0.15, 0.2) is 0 Å². The SMILES string of the molecule is Cc1ccc(NC(=O)c2cc(-c3ccccc3)nn2-c2ccc(Cl)c(Cl)c2)cc1C. The highest BCUT2D eigenvalue weighted by Gasteiger charge is 2.18. The molecule has 0 fully saturated rings. The van der Waals surface area contributed by atoms with E-state index in [9.17, 15) is 4.79 Å². The molecular weight excluding hydrogens is 417 g/mol. The van der Waals surface area contributed by atoms with Gasteiger partial charge in [-0.15, -0.1) is 0 Å². The average Bonchev–Trinajstić information content (AvgIpc) is 3.19. The van der Waals surface area contributed by atoms with Gasteiger partial charge in [0.2, 0.25) is 0 Å². The van der Waals surface area contributed by atoms with E-state index in [1.165, 1.54) is 5.56 Å². The summed E-state index contributed by atoms with van der Waals surface area (Å²) in [5.41, 5.74) is 5.65. The summed E-state index contributed by atoms with van der Waals surface area (Å²) in [4.78, 5) is 13.2. The van der Waals surface area contributed by atoms with Gasteiger partial charge in [0.25, 0.3) is 5.91 Å². The van der Waals surface area contributed by atoms with Crippen LogP contribution in [0.2, 0.25) is 10.0 Å². The summed E-state index contributed by atoms with van der Waals surface area (Å²) in [7, 11) is 0. The van der Waals surface area contributed by atoms with Crippen molar-refractivity contribution in [1.82, 2.24) is 9.78 Å². The van der Waals surface area contributed by atoms with E-state index in [1.807, 2.05) is 62.4 Å². The second-order valence-corrected chi connectivity index (χ2v) is 7.86. The molecule has 4 aromatic rings. The highest BCUT2D eigenvalue weighted by Crippen LogP contribution is 2.27. The number of carbonyl (C=O) groups excluding carboxylic acids is 1. The third kappa shape index (κ3) is 4.11. The Morgan fingerprint density at radius 3 is 2.33 bits per heavy atom. The highest BCUT2D eigenvalue weighted by molar-refractivity contribution is 6.42. The van der Waals surface area contributed by atoms with Crippen LogP contribution in [0.25, 0.3) is 16.9 Å². The van der Waals surface area contributed by atoms with Crippen LogP contribution < -0.4 is 5.32 Å². The van der Waals surface area contributed by atoms with E-state index in [4.69, 9.17) is 23.2 Å². The summed E-state index contributed by atoms with van der Waals surface area (Å²) in [5.74, 6) is -0.265. The minimum atomic E-state index is -0.265. The van der Waals surface area contributed by atoms with E-state index >= 15 is 0 Å². The Labute approximate surface area is 185 Å². The van der Waals surface area contributed by atoms with Crippen molar-refractivity contribution in [1.29, 1.82) is 0 Å². The molecule has 150 valence electrons. The Balaban J connectivity index is 1.78. The lowest BCUT2D eigenvalue weighted by Crippen LogP contribution is -2.17. The van der Waals surface area contributed by atoms with E-state index in [2.05, 4.69) is 10.4 Å². The van der Waals surface area contributed by atoms with Crippen LogP contribution in [-0.4, -0.2) is 15.7 Å². The van der Waals surface area contributed by atoms with E-state index in [1.54, 1.807) is 28.9 Å². The summed E-state index contributed by atoms with van der Waals surface area (Å²) >= 11 is 12.3. The Kier molecular flexibility index (Phi) is 5.62. The standard InChI is InChI=1S/C24H19Cl2N3O/c1-15-8-9-18(12-16(15)2)27-24(30)23-14-22(17-6-4-3-5-7-17)28-29(23)19-10-11-20(25)21(26)13-19/h3-14H,1-2H3,(H,27,30). The summed E-state index contributed by atoms with van der Waals surface area (Å²) in [6, 6.07) is 22.5. The van der Waals surface area contributed by atoms with Crippen LogP contribution >= 0.6 is 23.2 Å². The minimum Gasteiger partial charge on any atom is -0.321 e. The Bertz CT molecular complexity index is 1230. The van der Waals surface area contributed by atoms with Crippen molar-refractivity contribution in [3.63, 3.8) is 0 Å². The van der Waals surface area contributed by atoms with Crippen LogP contribution in [0.1, 0.15) is 21.6 Å². The van der Waals surface area contributed by atoms with Crippen molar-refractivity contribution in [2.45, 2.75) is 13.8 Å². The summed E-state index contributed by atoms with van der Waals surface area (Å²) in [5, 5.41) is 8.47. The predicted octanol–water partition coefficient (Wildman–Crippen LogP) is 6.72. The second kappa shape index (κ2) is 8.34. The topological polar surface area (TPSA) is 46.9 Å². The summed E-state index contributed by atoms with van der Waals surface area (Å²) in [6.45, 7) is 4.05. The lowest BCUT2D eigenvalue weighted by atomic mass is 10.1. The van der Waals surface area contributed by atoms with Crippen LogP contribution in [0, 0.1) is 13.8 Å². The largest absolute Gasteiger partial charge is 0.321 e. The molecule has 1 amide bonds. The van der Waals surface area contributed by atoms with Gasteiger partial charge in [0, 0.05) is 11.3 Å². The van der Waals surface area contributed by atoms with Crippen LogP contribution in [-0.2, 0) is 0 Å². The first-order valence-corrected chi connectivity index (χ1v) is 10.2. The van der Waals surface area contributed by atoms with Crippen LogP contribution in [0.3, 0.4) is 0 Å². The van der Waals surface area contributed by atoms with Gasteiger partial charge >= 0.3 is 0 Å². The van der Waals surface area contributed by atoms with Gasteiger partial charge in [-0.1, -0.05) is 59.6 Å². The molecule has 0 radical (unpaired) electrons. The first kappa shape index (κ1) is 20.2. The second-order valence-electron chi connectivity index (χ2n) is 7.04. The molecule has 30 heavy (non-hydrogen) atoms. The molecule has 4 nitrogen and oxygen atoms in total. The van der Waals surface area contributed by atoms with Crippen molar-refractivity contribution >= 4 is 34.8 Å². The fraction of sp³-hybridized carbons (Fsp3) is 0.0833. The zero-order valence-electron chi connectivity index (χ0n) is 16.5. The van der Waals surface area contributed by atoms with Crippen molar-refractivity contribution in [3.8, 4) is 16.9 Å². The molecule has 0 aliphatic rings. The number of carbonyl (C=O) groups is 1. The van der Waals surface area contributed by atoms with Gasteiger partial charge in [-0.05, 0) is 61.4 Å². The van der Waals surface area contributed by atoms with Crippen molar-refractivity contribution < 1.29 is 4.79 Å². The molecule has 1 N–H and O–H groups in total. The molecule has 0 spiro atoms. The fourth-order valence-electron chi connectivity index (χ4n) is 3.12. The number of anilines is 1. The molecule has 0 aliphatic carbocycles. The molecule has 0 saturated carbocycles. The van der Waals surface area contributed by atoms with Crippen LogP contribution in [0.15, 0.2) is 72.8 Å². The summed E-state index contributed by atoms with van der Waals surface area (Å²) in [6.07, 6.45) is 0. The number of nitrogens with zero attached hydrogens (tertiary/aromatic N) is 2. The maximum Gasteiger partial charge on any atom is 0.274 e. The number of aryl methyl sites for hydroxylation is 2. The molecule has 0 unspecified atom stereocenters. The number of rotatable bonds is 4. The molecular formula is C24H19Cl2N3O. The van der Waals surface area contributed by atoms with Gasteiger partial charge in [0.1, 0.15) is 5.69 Å². The lowest BCUT2D eigenvalue weighted by molar-refractivity contribution is 0.101. The first-order valence-electron chi connectivity index (χ1n) is 9.42. The zero-order valence-corrected chi connectivity index (χ0v) is 18.0. The molecule has 1 aromatic heterocycles. The monoisotopic (exact) mass is 435 g/mol. The maximum atomic E-state index is 13.2. The quantitative estimate of drug-likeness (QED) is 0.386. The van der Waals surface area contributed by atoms with Crippen LogP contribution in [0.4, 0.5) is 5.69 Å². The van der Waals surface area contributed by atoms with Crippen molar-refractivity contribution in [2.24, 2.45) is 0 Å². The Morgan fingerprint density at radius 2 is 1.63 bits per heavy atom. The number of aromatic nitrogens is 2. The number of amides is 1. The van der Waals surface area contributed by atoms with E-state index in [-0.39, 0.29) is 5.91 Å². The highest BCUT2D eigenvalue weighted by atomic mass is 35.5. The zero-order chi connectivity index (χ0) is 21.3. The number of hydrogen-bond acceptors (Lipinski definition) is 2. The van der Waals surface area contributed by atoms with Gasteiger partial charge in [-0.3, -0.25) is 4.79 Å². The Morgan fingerprint density at radius 1 is 0.867 bits per heavy atom. The molecule has 0 atom stereocenters. The van der Waals surface area contributed by atoms with Gasteiger partial charge in [-0.25, -0.2) is 4.68 Å².